The van der Waals surface area contributed by atoms with E-state index in [1.54, 1.807) is 0 Å². The number of hydrogen-bond donors (Lipinski definition) is 0. The van der Waals surface area contributed by atoms with Gasteiger partial charge in [-0.1, -0.05) is 12.1 Å². The van der Waals surface area contributed by atoms with Gasteiger partial charge in [-0.15, -0.1) is 0 Å². The molecule has 0 bridgehead atoms. The lowest BCUT2D eigenvalue weighted by Gasteiger charge is -2.12. The summed E-state index contributed by atoms with van der Waals surface area (Å²) in [5.74, 6) is 0. The van der Waals surface area contributed by atoms with Gasteiger partial charge in [0.25, 0.3) is 0 Å². The van der Waals surface area contributed by atoms with Crippen molar-refractivity contribution in [3.8, 4) is 0 Å². The zero-order chi connectivity index (χ0) is 10.4. The second kappa shape index (κ2) is 5.66. The third-order valence-electron chi connectivity index (χ3n) is 2.19. The van der Waals surface area contributed by atoms with Gasteiger partial charge in [-0.2, -0.15) is 0 Å². The highest BCUT2D eigenvalue weighted by molar-refractivity contribution is 5.45. The molecule has 1 aromatic rings. The van der Waals surface area contributed by atoms with E-state index in [2.05, 4.69) is 43.3 Å². The lowest BCUT2D eigenvalue weighted by Crippen LogP contribution is -2.08. The SMILES string of the molecule is CCOCCc1ccc(N(C)C)cc1. The van der Waals surface area contributed by atoms with Gasteiger partial charge in [0.1, 0.15) is 0 Å². The normalized spacial score (nSPS) is 10.2. The molecule has 0 aliphatic heterocycles. The molecule has 2 heteroatoms. The molecular weight excluding hydrogens is 174 g/mol. The summed E-state index contributed by atoms with van der Waals surface area (Å²) in [6, 6.07) is 8.60. The molecule has 0 amide bonds. The molecule has 0 saturated heterocycles. The van der Waals surface area contributed by atoms with E-state index in [4.69, 9.17) is 4.74 Å². The van der Waals surface area contributed by atoms with Crippen molar-refractivity contribution in [2.75, 3.05) is 32.2 Å². The summed E-state index contributed by atoms with van der Waals surface area (Å²) < 4.78 is 5.30. The molecule has 1 aromatic carbocycles. The van der Waals surface area contributed by atoms with Crippen LogP contribution < -0.4 is 4.90 Å². The molecule has 78 valence electrons. The van der Waals surface area contributed by atoms with Gasteiger partial charge in [0.05, 0.1) is 6.61 Å². The first-order chi connectivity index (χ1) is 6.74. The predicted molar refractivity (Wildman–Crippen MR) is 61.0 cm³/mol. The van der Waals surface area contributed by atoms with Crippen LogP contribution in [-0.4, -0.2) is 27.3 Å². The fraction of sp³-hybridized carbons (Fsp3) is 0.500. The third-order valence-corrected chi connectivity index (χ3v) is 2.19. The van der Waals surface area contributed by atoms with Gasteiger partial charge in [-0.25, -0.2) is 0 Å². The van der Waals surface area contributed by atoms with Crippen molar-refractivity contribution in [1.82, 2.24) is 0 Å². The number of anilines is 1. The van der Waals surface area contributed by atoms with E-state index < -0.39 is 0 Å². The zero-order valence-electron chi connectivity index (χ0n) is 9.29. The van der Waals surface area contributed by atoms with E-state index in [0.29, 0.717) is 0 Å². The maximum absolute atomic E-state index is 5.30. The molecule has 0 aliphatic rings. The summed E-state index contributed by atoms with van der Waals surface area (Å²) >= 11 is 0. The highest BCUT2D eigenvalue weighted by atomic mass is 16.5. The van der Waals surface area contributed by atoms with Gasteiger partial charge >= 0.3 is 0 Å². The average molecular weight is 193 g/mol. The fourth-order valence-electron chi connectivity index (χ4n) is 1.30. The molecule has 0 fully saturated rings. The average Bonchev–Trinajstić information content (AvgIpc) is 2.19. The number of nitrogens with zero attached hydrogens (tertiary/aromatic N) is 1. The molecular formula is C12H19NO. The van der Waals surface area contributed by atoms with Gasteiger partial charge in [-0.05, 0) is 31.0 Å². The molecule has 14 heavy (non-hydrogen) atoms. The molecule has 0 unspecified atom stereocenters. The Morgan fingerprint density at radius 2 is 1.79 bits per heavy atom. The second-order valence-corrected chi connectivity index (χ2v) is 3.51. The van der Waals surface area contributed by atoms with Crippen LogP contribution in [0.4, 0.5) is 5.69 Å². The standard InChI is InChI=1S/C12H19NO/c1-4-14-10-9-11-5-7-12(8-6-11)13(2)3/h5-8H,4,9-10H2,1-3H3. The Hall–Kier alpha value is -1.02. The summed E-state index contributed by atoms with van der Waals surface area (Å²) in [5.41, 5.74) is 2.58. The second-order valence-electron chi connectivity index (χ2n) is 3.51. The van der Waals surface area contributed by atoms with Crippen LogP contribution in [-0.2, 0) is 11.2 Å². The van der Waals surface area contributed by atoms with Crippen molar-refractivity contribution in [1.29, 1.82) is 0 Å². The van der Waals surface area contributed by atoms with E-state index >= 15 is 0 Å². The molecule has 0 N–H and O–H groups in total. The van der Waals surface area contributed by atoms with Gasteiger partial charge < -0.3 is 9.64 Å². The van der Waals surface area contributed by atoms with Crippen molar-refractivity contribution in [3.63, 3.8) is 0 Å². The minimum atomic E-state index is 0.801. The van der Waals surface area contributed by atoms with Crippen molar-refractivity contribution in [2.24, 2.45) is 0 Å². The van der Waals surface area contributed by atoms with Gasteiger partial charge in [0.15, 0.2) is 0 Å². The first-order valence-electron chi connectivity index (χ1n) is 5.08. The minimum Gasteiger partial charge on any atom is -0.381 e. The maximum atomic E-state index is 5.30. The number of rotatable bonds is 5. The lowest BCUT2D eigenvalue weighted by molar-refractivity contribution is 0.151. The maximum Gasteiger partial charge on any atom is 0.0506 e. The minimum absolute atomic E-state index is 0.801. The molecule has 0 saturated carbocycles. The number of hydrogen-bond acceptors (Lipinski definition) is 2. The van der Waals surface area contributed by atoms with Gasteiger partial charge in [0, 0.05) is 26.4 Å². The Morgan fingerprint density at radius 1 is 1.14 bits per heavy atom. The molecule has 0 aliphatic carbocycles. The number of ether oxygens (including phenoxy) is 1. The molecule has 1 rings (SSSR count). The van der Waals surface area contributed by atoms with Crippen molar-refractivity contribution < 1.29 is 4.74 Å². The zero-order valence-corrected chi connectivity index (χ0v) is 9.29. The fourth-order valence-corrected chi connectivity index (χ4v) is 1.30. The third kappa shape index (κ3) is 3.38. The summed E-state index contributed by atoms with van der Waals surface area (Å²) in [6.45, 7) is 3.64. The number of benzene rings is 1. The summed E-state index contributed by atoms with van der Waals surface area (Å²) in [4.78, 5) is 2.10. The summed E-state index contributed by atoms with van der Waals surface area (Å²) in [7, 11) is 4.10. The van der Waals surface area contributed by atoms with E-state index in [1.807, 2.05) is 6.92 Å². The Bertz CT molecular complexity index is 254. The van der Waals surface area contributed by atoms with Crippen LogP contribution >= 0.6 is 0 Å². The molecule has 0 atom stereocenters. The molecule has 0 heterocycles. The summed E-state index contributed by atoms with van der Waals surface area (Å²) in [6.07, 6.45) is 1.00. The quantitative estimate of drug-likeness (QED) is 0.665. The van der Waals surface area contributed by atoms with Crippen LogP contribution in [0.15, 0.2) is 24.3 Å². The molecule has 0 aromatic heterocycles. The molecule has 0 spiro atoms. The smallest absolute Gasteiger partial charge is 0.0506 e. The largest absolute Gasteiger partial charge is 0.381 e. The predicted octanol–water partition coefficient (Wildman–Crippen LogP) is 2.33. The molecule has 0 radical (unpaired) electrons. The Kier molecular flexibility index (Phi) is 4.47. The van der Waals surface area contributed by atoms with Crippen LogP contribution in [0.5, 0.6) is 0 Å². The topological polar surface area (TPSA) is 12.5 Å². The Morgan fingerprint density at radius 3 is 2.29 bits per heavy atom. The summed E-state index contributed by atoms with van der Waals surface area (Å²) in [5, 5.41) is 0. The van der Waals surface area contributed by atoms with Crippen LogP contribution in [0, 0.1) is 0 Å². The van der Waals surface area contributed by atoms with Crippen LogP contribution in [0.2, 0.25) is 0 Å². The first-order valence-corrected chi connectivity index (χ1v) is 5.08. The molecule has 2 nitrogen and oxygen atoms in total. The van der Waals surface area contributed by atoms with Crippen molar-refractivity contribution in [3.05, 3.63) is 29.8 Å². The van der Waals surface area contributed by atoms with E-state index in [0.717, 1.165) is 19.6 Å². The first kappa shape index (κ1) is 11.1. The highest BCUT2D eigenvalue weighted by Crippen LogP contribution is 2.12. The van der Waals surface area contributed by atoms with Crippen LogP contribution in [0.25, 0.3) is 0 Å². The van der Waals surface area contributed by atoms with Crippen LogP contribution in [0.3, 0.4) is 0 Å². The van der Waals surface area contributed by atoms with Crippen molar-refractivity contribution >= 4 is 5.69 Å². The Balaban J connectivity index is 2.47. The highest BCUT2D eigenvalue weighted by Gasteiger charge is 1.95. The van der Waals surface area contributed by atoms with Crippen LogP contribution in [0.1, 0.15) is 12.5 Å². The van der Waals surface area contributed by atoms with E-state index in [-0.39, 0.29) is 0 Å². The van der Waals surface area contributed by atoms with Gasteiger partial charge in [0.2, 0.25) is 0 Å². The van der Waals surface area contributed by atoms with Gasteiger partial charge in [-0.3, -0.25) is 0 Å². The Labute approximate surface area is 86.5 Å². The monoisotopic (exact) mass is 193 g/mol. The van der Waals surface area contributed by atoms with E-state index in [1.165, 1.54) is 11.3 Å². The van der Waals surface area contributed by atoms with E-state index in [9.17, 15) is 0 Å². The lowest BCUT2D eigenvalue weighted by atomic mass is 10.1. The van der Waals surface area contributed by atoms with Crippen molar-refractivity contribution in [2.45, 2.75) is 13.3 Å².